The van der Waals surface area contributed by atoms with Gasteiger partial charge in [-0.15, -0.1) is 0 Å². The standard InChI is InChI=1S/C29H35F3O/c1-3-33-27-17-15-24(18-26(27)30)21-11-6-20(7-12-21)8-13-23-14-16-25(29(32)28(23)31)22-9-4-19(2)5-10-22/h8,13-22H,3-7,9-12H2,1-2H3/b13-8+. The first-order chi connectivity index (χ1) is 16.0. The lowest BCUT2D eigenvalue weighted by Gasteiger charge is -2.27. The third kappa shape index (κ3) is 5.65. The molecule has 178 valence electrons. The van der Waals surface area contributed by atoms with Crippen molar-refractivity contribution in [2.75, 3.05) is 6.61 Å². The van der Waals surface area contributed by atoms with Crippen molar-refractivity contribution >= 4 is 6.08 Å². The monoisotopic (exact) mass is 456 g/mol. The van der Waals surface area contributed by atoms with E-state index < -0.39 is 11.6 Å². The highest BCUT2D eigenvalue weighted by Gasteiger charge is 2.25. The number of halogens is 3. The molecule has 0 spiro atoms. The molecule has 0 bridgehead atoms. The largest absolute Gasteiger partial charge is 0.491 e. The minimum Gasteiger partial charge on any atom is -0.491 e. The molecule has 2 aromatic rings. The van der Waals surface area contributed by atoms with E-state index >= 15 is 0 Å². The number of hydrogen-bond donors (Lipinski definition) is 0. The van der Waals surface area contributed by atoms with Crippen LogP contribution in [-0.4, -0.2) is 6.61 Å². The van der Waals surface area contributed by atoms with Crippen LogP contribution >= 0.6 is 0 Å². The summed E-state index contributed by atoms with van der Waals surface area (Å²) in [6.45, 7) is 4.51. The van der Waals surface area contributed by atoms with Gasteiger partial charge in [0.25, 0.3) is 0 Å². The average molecular weight is 457 g/mol. The molecule has 1 nitrogen and oxygen atoms in total. The molecule has 2 aliphatic carbocycles. The molecule has 2 aromatic carbocycles. The number of ether oxygens (including phenoxy) is 1. The van der Waals surface area contributed by atoms with Crippen LogP contribution in [0.15, 0.2) is 36.4 Å². The van der Waals surface area contributed by atoms with Crippen LogP contribution in [0.3, 0.4) is 0 Å². The number of rotatable bonds is 6. The quantitative estimate of drug-likeness (QED) is 0.422. The maximum atomic E-state index is 14.8. The molecule has 2 fully saturated rings. The van der Waals surface area contributed by atoms with Gasteiger partial charge in [-0.25, -0.2) is 13.2 Å². The minimum absolute atomic E-state index is 0.136. The van der Waals surface area contributed by atoms with Gasteiger partial charge in [0.05, 0.1) is 6.61 Å². The third-order valence-corrected chi connectivity index (χ3v) is 7.64. The Bertz CT molecular complexity index is 967. The molecule has 33 heavy (non-hydrogen) atoms. The van der Waals surface area contributed by atoms with Crippen molar-refractivity contribution in [1.82, 2.24) is 0 Å². The Morgan fingerprint density at radius 3 is 2.21 bits per heavy atom. The summed E-state index contributed by atoms with van der Waals surface area (Å²) in [6, 6.07) is 8.79. The summed E-state index contributed by atoms with van der Waals surface area (Å²) in [5, 5.41) is 0. The smallest absolute Gasteiger partial charge is 0.166 e. The Hall–Kier alpha value is -2.23. The fourth-order valence-corrected chi connectivity index (χ4v) is 5.52. The lowest BCUT2D eigenvalue weighted by Crippen LogP contribution is -2.13. The molecule has 0 saturated heterocycles. The van der Waals surface area contributed by atoms with Crippen molar-refractivity contribution in [2.24, 2.45) is 11.8 Å². The third-order valence-electron chi connectivity index (χ3n) is 7.64. The van der Waals surface area contributed by atoms with Gasteiger partial charge in [0.2, 0.25) is 0 Å². The first-order valence-corrected chi connectivity index (χ1v) is 12.5. The van der Waals surface area contributed by atoms with Gasteiger partial charge in [0, 0.05) is 5.56 Å². The molecule has 2 aliphatic rings. The first kappa shape index (κ1) is 23.9. The van der Waals surface area contributed by atoms with Crippen molar-refractivity contribution < 1.29 is 17.9 Å². The van der Waals surface area contributed by atoms with E-state index in [0.29, 0.717) is 41.2 Å². The number of hydrogen-bond acceptors (Lipinski definition) is 1. The predicted octanol–water partition coefficient (Wildman–Crippen LogP) is 8.78. The molecule has 0 amide bonds. The second-order valence-electron chi connectivity index (χ2n) is 9.92. The maximum Gasteiger partial charge on any atom is 0.166 e. The predicted molar refractivity (Wildman–Crippen MR) is 128 cm³/mol. The first-order valence-electron chi connectivity index (χ1n) is 12.5. The molecule has 0 N–H and O–H groups in total. The van der Waals surface area contributed by atoms with Crippen LogP contribution < -0.4 is 4.74 Å². The fourth-order valence-electron chi connectivity index (χ4n) is 5.52. The lowest BCUT2D eigenvalue weighted by molar-refractivity contribution is 0.320. The zero-order valence-electron chi connectivity index (χ0n) is 19.8. The molecule has 2 saturated carbocycles. The molecular weight excluding hydrogens is 421 g/mol. The van der Waals surface area contributed by atoms with Crippen LogP contribution in [0.2, 0.25) is 0 Å². The van der Waals surface area contributed by atoms with Crippen LogP contribution in [0.5, 0.6) is 5.75 Å². The molecule has 0 aliphatic heterocycles. The summed E-state index contributed by atoms with van der Waals surface area (Å²) < 4.78 is 49.1. The van der Waals surface area contributed by atoms with E-state index in [2.05, 4.69) is 6.92 Å². The van der Waals surface area contributed by atoms with Crippen molar-refractivity contribution in [1.29, 1.82) is 0 Å². The Morgan fingerprint density at radius 1 is 0.848 bits per heavy atom. The molecule has 0 aromatic heterocycles. The van der Waals surface area contributed by atoms with E-state index in [0.717, 1.165) is 56.9 Å². The molecule has 0 heterocycles. The van der Waals surface area contributed by atoms with Gasteiger partial charge in [-0.05, 0) is 92.4 Å². The Morgan fingerprint density at radius 2 is 1.55 bits per heavy atom. The summed E-state index contributed by atoms with van der Waals surface area (Å²) in [6.07, 6.45) is 11.6. The van der Waals surface area contributed by atoms with Gasteiger partial charge in [-0.3, -0.25) is 0 Å². The molecule has 0 unspecified atom stereocenters. The SMILES string of the molecule is CCOc1ccc(C2CCC(/C=C/c3ccc(C4CCC(C)CC4)c(F)c3F)CC2)cc1F. The Kier molecular flexibility index (Phi) is 7.82. The molecule has 4 rings (SSSR count). The summed E-state index contributed by atoms with van der Waals surface area (Å²) in [4.78, 5) is 0. The van der Waals surface area contributed by atoms with Crippen LogP contribution in [0.25, 0.3) is 6.08 Å². The van der Waals surface area contributed by atoms with Gasteiger partial charge in [0.15, 0.2) is 23.2 Å². The minimum atomic E-state index is -0.721. The summed E-state index contributed by atoms with van der Waals surface area (Å²) in [7, 11) is 0. The maximum absolute atomic E-state index is 14.8. The normalized spacial score (nSPS) is 26.0. The Balaban J connectivity index is 1.36. The van der Waals surface area contributed by atoms with E-state index in [9.17, 15) is 13.2 Å². The van der Waals surface area contributed by atoms with Crippen molar-refractivity contribution in [3.63, 3.8) is 0 Å². The van der Waals surface area contributed by atoms with Crippen molar-refractivity contribution in [3.8, 4) is 5.75 Å². The zero-order chi connectivity index (χ0) is 23.4. The van der Waals surface area contributed by atoms with Gasteiger partial charge >= 0.3 is 0 Å². The highest BCUT2D eigenvalue weighted by atomic mass is 19.2. The van der Waals surface area contributed by atoms with Crippen molar-refractivity contribution in [2.45, 2.75) is 77.0 Å². The summed E-state index contributed by atoms with van der Waals surface area (Å²) in [5.41, 5.74) is 1.88. The summed E-state index contributed by atoms with van der Waals surface area (Å²) >= 11 is 0. The molecule has 0 radical (unpaired) electrons. The van der Waals surface area contributed by atoms with Crippen LogP contribution in [-0.2, 0) is 0 Å². The second-order valence-corrected chi connectivity index (χ2v) is 9.92. The average Bonchev–Trinajstić information content (AvgIpc) is 2.82. The van der Waals surface area contributed by atoms with Gasteiger partial charge < -0.3 is 4.74 Å². The van der Waals surface area contributed by atoms with Gasteiger partial charge in [-0.2, -0.15) is 0 Å². The van der Waals surface area contributed by atoms with Crippen LogP contribution in [0, 0.1) is 29.3 Å². The van der Waals surface area contributed by atoms with Crippen molar-refractivity contribution in [3.05, 3.63) is 70.5 Å². The second kappa shape index (κ2) is 10.8. The molecule has 0 atom stereocenters. The van der Waals surface area contributed by atoms with Crippen LogP contribution in [0.1, 0.15) is 93.7 Å². The lowest BCUT2D eigenvalue weighted by atomic mass is 9.78. The van der Waals surface area contributed by atoms with Gasteiger partial charge in [-0.1, -0.05) is 50.1 Å². The highest BCUT2D eigenvalue weighted by Crippen LogP contribution is 2.39. The van der Waals surface area contributed by atoms with E-state index in [4.69, 9.17) is 4.74 Å². The molecule has 4 heteroatoms. The van der Waals surface area contributed by atoms with E-state index in [1.54, 1.807) is 30.3 Å². The summed E-state index contributed by atoms with van der Waals surface area (Å²) in [5.74, 6) is 0.0775. The highest BCUT2D eigenvalue weighted by molar-refractivity contribution is 5.52. The number of benzene rings is 2. The fraction of sp³-hybridized carbons (Fsp3) is 0.517. The Labute approximate surface area is 196 Å². The topological polar surface area (TPSA) is 9.23 Å². The van der Waals surface area contributed by atoms with Crippen LogP contribution in [0.4, 0.5) is 13.2 Å². The van der Waals surface area contributed by atoms with E-state index in [1.807, 2.05) is 19.1 Å². The van der Waals surface area contributed by atoms with Gasteiger partial charge in [0.1, 0.15) is 0 Å². The molecular formula is C29H35F3O. The number of allylic oxidation sites excluding steroid dienone is 1. The van der Waals surface area contributed by atoms with E-state index in [1.165, 1.54) is 0 Å². The van der Waals surface area contributed by atoms with E-state index in [-0.39, 0.29) is 11.7 Å². The zero-order valence-corrected chi connectivity index (χ0v) is 19.8.